The number of rotatable bonds is 4. The number of phenolic OH excluding ortho intramolecular Hbond substituents is 1. The summed E-state index contributed by atoms with van der Waals surface area (Å²) in [6.07, 6.45) is 0.928. The number of phenols is 1. The van der Waals surface area contributed by atoms with E-state index in [1.54, 1.807) is 12.1 Å². The van der Waals surface area contributed by atoms with Gasteiger partial charge in [0.2, 0.25) is 0 Å². The summed E-state index contributed by atoms with van der Waals surface area (Å²) < 4.78 is 0. The highest BCUT2D eigenvalue weighted by Crippen LogP contribution is 2.27. The van der Waals surface area contributed by atoms with Gasteiger partial charge in [0.1, 0.15) is 5.75 Å². The molecule has 0 aliphatic carbocycles. The molecule has 0 fully saturated rings. The molecule has 3 nitrogen and oxygen atoms in total. The monoisotopic (exact) mass is 208 g/mol. The summed E-state index contributed by atoms with van der Waals surface area (Å²) in [7, 11) is 0. The highest BCUT2D eigenvalue weighted by molar-refractivity contribution is 5.68. The van der Waals surface area contributed by atoms with Crippen LogP contribution >= 0.6 is 0 Å². The average molecular weight is 208 g/mol. The van der Waals surface area contributed by atoms with Crippen molar-refractivity contribution >= 4 is 5.97 Å². The molecular weight excluding hydrogens is 192 g/mol. The van der Waals surface area contributed by atoms with Gasteiger partial charge in [-0.3, -0.25) is 4.79 Å². The molecule has 2 N–H and O–H groups in total. The zero-order valence-corrected chi connectivity index (χ0v) is 9.03. The van der Waals surface area contributed by atoms with Crippen molar-refractivity contribution < 1.29 is 15.0 Å². The Morgan fingerprint density at radius 3 is 2.60 bits per heavy atom. The molecule has 82 valence electrons. The fraction of sp³-hybridized carbons (Fsp3) is 0.417. The number of hydrogen-bond donors (Lipinski definition) is 2. The minimum Gasteiger partial charge on any atom is -0.508 e. The summed E-state index contributed by atoms with van der Waals surface area (Å²) in [5.74, 6) is -0.502. The number of carboxylic acids is 1. The van der Waals surface area contributed by atoms with Gasteiger partial charge in [-0.1, -0.05) is 19.1 Å². The highest BCUT2D eigenvalue weighted by Gasteiger charge is 2.14. The maximum absolute atomic E-state index is 10.6. The maximum Gasteiger partial charge on any atom is 0.303 e. The Labute approximate surface area is 89.4 Å². The van der Waals surface area contributed by atoms with E-state index in [-0.39, 0.29) is 18.1 Å². The molecule has 0 saturated carbocycles. The Morgan fingerprint density at radius 2 is 2.13 bits per heavy atom. The van der Waals surface area contributed by atoms with E-state index in [9.17, 15) is 9.90 Å². The zero-order chi connectivity index (χ0) is 11.4. The van der Waals surface area contributed by atoms with Gasteiger partial charge in [0.15, 0.2) is 0 Å². The van der Waals surface area contributed by atoms with Crippen LogP contribution in [0.15, 0.2) is 18.2 Å². The molecule has 1 aromatic carbocycles. The quantitative estimate of drug-likeness (QED) is 0.799. The predicted molar refractivity (Wildman–Crippen MR) is 58.1 cm³/mol. The third-order valence-electron chi connectivity index (χ3n) is 2.61. The van der Waals surface area contributed by atoms with E-state index in [2.05, 4.69) is 0 Å². The first-order valence-corrected chi connectivity index (χ1v) is 5.06. The molecular formula is C12H16O3. The van der Waals surface area contributed by atoms with Crippen molar-refractivity contribution in [2.24, 2.45) is 0 Å². The maximum atomic E-state index is 10.6. The van der Waals surface area contributed by atoms with Crippen LogP contribution in [0.3, 0.4) is 0 Å². The van der Waals surface area contributed by atoms with Crippen molar-refractivity contribution in [3.8, 4) is 5.75 Å². The SMILES string of the molecule is CCC(CC(=O)O)c1ccc(O)c(C)c1. The molecule has 0 heterocycles. The van der Waals surface area contributed by atoms with Crippen molar-refractivity contribution in [1.82, 2.24) is 0 Å². The van der Waals surface area contributed by atoms with E-state index in [4.69, 9.17) is 5.11 Å². The number of carboxylic acid groups (broad SMARTS) is 1. The minimum absolute atomic E-state index is 0.0294. The van der Waals surface area contributed by atoms with Crippen LogP contribution in [0.25, 0.3) is 0 Å². The lowest BCUT2D eigenvalue weighted by atomic mass is 9.92. The van der Waals surface area contributed by atoms with Gasteiger partial charge in [-0.2, -0.15) is 0 Å². The molecule has 0 spiro atoms. The standard InChI is InChI=1S/C12H16O3/c1-3-9(7-12(14)15)10-4-5-11(13)8(2)6-10/h4-6,9,13H,3,7H2,1-2H3,(H,14,15). The summed E-state index contributed by atoms with van der Waals surface area (Å²) in [6, 6.07) is 5.26. The van der Waals surface area contributed by atoms with E-state index in [1.807, 2.05) is 19.9 Å². The molecule has 0 aliphatic heterocycles. The topological polar surface area (TPSA) is 57.5 Å². The fourth-order valence-electron chi connectivity index (χ4n) is 1.64. The van der Waals surface area contributed by atoms with Crippen LogP contribution in [0, 0.1) is 6.92 Å². The van der Waals surface area contributed by atoms with Crippen molar-refractivity contribution in [1.29, 1.82) is 0 Å². The number of aromatic hydroxyl groups is 1. The molecule has 0 bridgehead atoms. The number of carbonyl (C=O) groups is 1. The lowest BCUT2D eigenvalue weighted by Crippen LogP contribution is -2.05. The zero-order valence-electron chi connectivity index (χ0n) is 9.03. The van der Waals surface area contributed by atoms with Gasteiger partial charge >= 0.3 is 5.97 Å². The molecule has 0 radical (unpaired) electrons. The van der Waals surface area contributed by atoms with E-state index in [0.29, 0.717) is 0 Å². The Bertz CT molecular complexity index is 358. The second-order valence-electron chi connectivity index (χ2n) is 3.75. The summed E-state index contributed by atoms with van der Waals surface area (Å²) in [5, 5.41) is 18.1. The van der Waals surface area contributed by atoms with Crippen molar-refractivity contribution in [2.75, 3.05) is 0 Å². The molecule has 15 heavy (non-hydrogen) atoms. The van der Waals surface area contributed by atoms with Gasteiger partial charge in [-0.05, 0) is 36.5 Å². The molecule has 0 amide bonds. The Hall–Kier alpha value is -1.51. The second-order valence-corrected chi connectivity index (χ2v) is 3.75. The lowest BCUT2D eigenvalue weighted by Gasteiger charge is -2.13. The fourth-order valence-corrected chi connectivity index (χ4v) is 1.64. The van der Waals surface area contributed by atoms with Crippen LogP contribution < -0.4 is 0 Å². The number of hydrogen-bond acceptors (Lipinski definition) is 2. The molecule has 0 aromatic heterocycles. The highest BCUT2D eigenvalue weighted by atomic mass is 16.4. The minimum atomic E-state index is -0.785. The van der Waals surface area contributed by atoms with Crippen molar-refractivity contribution in [3.05, 3.63) is 29.3 Å². The van der Waals surface area contributed by atoms with Crippen LogP contribution in [-0.2, 0) is 4.79 Å². The molecule has 1 aromatic rings. The summed E-state index contributed by atoms with van der Waals surface area (Å²) in [6.45, 7) is 3.78. The predicted octanol–water partition coefficient (Wildman–Crippen LogP) is 2.67. The van der Waals surface area contributed by atoms with Crippen LogP contribution in [0.2, 0.25) is 0 Å². The van der Waals surface area contributed by atoms with Crippen LogP contribution in [0.4, 0.5) is 0 Å². The Morgan fingerprint density at radius 1 is 1.47 bits per heavy atom. The first kappa shape index (κ1) is 11.6. The average Bonchev–Trinajstić information content (AvgIpc) is 2.18. The van der Waals surface area contributed by atoms with Gasteiger partial charge in [0, 0.05) is 0 Å². The van der Waals surface area contributed by atoms with Gasteiger partial charge in [0.05, 0.1) is 6.42 Å². The third kappa shape index (κ3) is 2.98. The molecule has 0 saturated heterocycles. The van der Waals surface area contributed by atoms with Gasteiger partial charge < -0.3 is 10.2 Å². The van der Waals surface area contributed by atoms with Gasteiger partial charge in [-0.15, -0.1) is 0 Å². The summed E-state index contributed by atoms with van der Waals surface area (Å²) in [5.41, 5.74) is 1.77. The summed E-state index contributed by atoms with van der Waals surface area (Å²) in [4.78, 5) is 10.6. The first-order chi connectivity index (χ1) is 7.04. The number of aryl methyl sites for hydroxylation is 1. The number of aliphatic carboxylic acids is 1. The smallest absolute Gasteiger partial charge is 0.303 e. The molecule has 1 rings (SSSR count). The second kappa shape index (κ2) is 4.82. The van der Waals surface area contributed by atoms with Crippen LogP contribution in [-0.4, -0.2) is 16.2 Å². The lowest BCUT2D eigenvalue weighted by molar-refractivity contribution is -0.137. The molecule has 3 heteroatoms. The first-order valence-electron chi connectivity index (χ1n) is 5.06. The molecule has 1 unspecified atom stereocenters. The molecule has 0 aliphatic rings. The van der Waals surface area contributed by atoms with E-state index in [0.717, 1.165) is 17.5 Å². The Kier molecular flexibility index (Phi) is 3.72. The van der Waals surface area contributed by atoms with Crippen molar-refractivity contribution in [2.45, 2.75) is 32.6 Å². The largest absolute Gasteiger partial charge is 0.508 e. The normalized spacial score (nSPS) is 12.4. The molecule has 1 atom stereocenters. The van der Waals surface area contributed by atoms with Crippen LogP contribution in [0.5, 0.6) is 5.75 Å². The van der Waals surface area contributed by atoms with E-state index >= 15 is 0 Å². The van der Waals surface area contributed by atoms with Crippen LogP contribution in [0.1, 0.15) is 36.8 Å². The Balaban J connectivity index is 2.92. The summed E-state index contributed by atoms with van der Waals surface area (Å²) >= 11 is 0. The third-order valence-corrected chi connectivity index (χ3v) is 2.61. The van der Waals surface area contributed by atoms with E-state index < -0.39 is 5.97 Å². The number of benzene rings is 1. The van der Waals surface area contributed by atoms with Gasteiger partial charge in [-0.25, -0.2) is 0 Å². The van der Waals surface area contributed by atoms with Gasteiger partial charge in [0.25, 0.3) is 0 Å². The van der Waals surface area contributed by atoms with Crippen molar-refractivity contribution in [3.63, 3.8) is 0 Å². The van der Waals surface area contributed by atoms with E-state index in [1.165, 1.54) is 0 Å².